The van der Waals surface area contributed by atoms with Gasteiger partial charge in [0.2, 0.25) is 11.8 Å². The Labute approximate surface area is 204 Å². The van der Waals surface area contributed by atoms with E-state index < -0.39 is 17.4 Å². The van der Waals surface area contributed by atoms with E-state index in [2.05, 4.69) is 5.32 Å². The van der Waals surface area contributed by atoms with Crippen LogP contribution in [0.4, 0.5) is 11.4 Å². The normalized spacial score (nSPS) is 26.0. The van der Waals surface area contributed by atoms with Crippen LogP contribution < -0.4 is 16.0 Å². The van der Waals surface area contributed by atoms with Crippen LogP contribution in [0.15, 0.2) is 72.8 Å². The molecule has 3 N–H and O–H groups in total. The van der Waals surface area contributed by atoms with Crippen LogP contribution in [0, 0.1) is 11.3 Å². The molecule has 0 aromatic heterocycles. The molecule has 0 saturated carbocycles. The van der Waals surface area contributed by atoms with E-state index in [9.17, 15) is 14.4 Å². The second-order valence-electron chi connectivity index (χ2n) is 9.33. The molecule has 180 valence electrons. The lowest BCUT2D eigenvalue weighted by Crippen LogP contribution is -2.47. The Bertz CT molecular complexity index is 1220. The summed E-state index contributed by atoms with van der Waals surface area (Å²) in [5.41, 5.74) is 7.80. The molecule has 35 heavy (non-hydrogen) atoms. The molecule has 7 nitrogen and oxygen atoms in total. The van der Waals surface area contributed by atoms with E-state index in [0.29, 0.717) is 37.1 Å². The highest BCUT2D eigenvalue weighted by Crippen LogP contribution is 2.45. The van der Waals surface area contributed by atoms with Gasteiger partial charge in [-0.15, -0.1) is 0 Å². The van der Waals surface area contributed by atoms with E-state index in [1.165, 1.54) is 0 Å². The first-order valence-corrected chi connectivity index (χ1v) is 12.1. The maximum absolute atomic E-state index is 13.4. The monoisotopic (exact) mass is 471 g/mol. The molecule has 2 aliphatic heterocycles. The van der Waals surface area contributed by atoms with Crippen LogP contribution in [0.2, 0.25) is 0 Å². The van der Waals surface area contributed by atoms with Crippen molar-refractivity contribution in [2.24, 2.45) is 11.3 Å². The molecule has 1 aliphatic carbocycles. The SMILES string of the molecule is CCC(OC1CCN(C(=O)c2ccc(N)cc2)c2ccccc2C1)C12C=CC=CC1C(=O)NC2=O. The summed E-state index contributed by atoms with van der Waals surface area (Å²) < 4.78 is 6.64. The summed E-state index contributed by atoms with van der Waals surface area (Å²) in [7, 11) is 0. The average Bonchev–Trinajstić information content (AvgIpc) is 3.01. The molecule has 2 heterocycles. The number of nitrogens with zero attached hydrogens (tertiary/aromatic N) is 1. The van der Waals surface area contributed by atoms with Gasteiger partial charge in [0.05, 0.1) is 18.1 Å². The molecule has 0 spiro atoms. The number of allylic oxidation sites excluding steroid dienone is 2. The number of nitrogen functional groups attached to an aromatic ring is 1. The fraction of sp³-hybridized carbons (Fsp3) is 0.321. The van der Waals surface area contributed by atoms with Crippen molar-refractivity contribution < 1.29 is 19.1 Å². The molecule has 7 heteroatoms. The molecular weight excluding hydrogens is 442 g/mol. The molecule has 1 saturated heterocycles. The maximum Gasteiger partial charge on any atom is 0.258 e. The first-order chi connectivity index (χ1) is 16.9. The van der Waals surface area contributed by atoms with Crippen molar-refractivity contribution in [2.75, 3.05) is 17.2 Å². The van der Waals surface area contributed by atoms with E-state index in [4.69, 9.17) is 10.5 Å². The predicted octanol–water partition coefficient (Wildman–Crippen LogP) is 3.41. The summed E-state index contributed by atoms with van der Waals surface area (Å²) >= 11 is 0. The lowest BCUT2D eigenvalue weighted by atomic mass is 9.69. The zero-order chi connectivity index (χ0) is 24.6. The number of carbonyl (C=O) groups is 3. The lowest BCUT2D eigenvalue weighted by Gasteiger charge is -2.38. The van der Waals surface area contributed by atoms with Crippen LogP contribution in [-0.4, -0.2) is 36.5 Å². The number of para-hydroxylation sites is 1. The van der Waals surface area contributed by atoms with Gasteiger partial charge in [-0.25, -0.2) is 0 Å². The van der Waals surface area contributed by atoms with Crippen molar-refractivity contribution in [3.05, 3.63) is 84.0 Å². The molecule has 0 radical (unpaired) electrons. The van der Waals surface area contributed by atoms with Gasteiger partial charge in [-0.1, -0.05) is 49.4 Å². The van der Waals surface area contributed by atoms with Crippen molar-refractivity contribution in [3.63, 3.8) is 0 Å². The van der Waals surface area contributed by atoms with Crippen LogP contribution in [0.5, 0.6) is 0 Å². The number of carbonyl (C=O) groups excluding carboxylic acids is 3. The predicted molar refractivity (Wildman–Crippen MR) is 134 cm³/mol. The Morgan fingerprint density at radius 2 is 1.94 bits per heavy atom. The van der Waals surface area contributed by atoms with Gasteiger partial charge in [-0.3, -0.25) is 19.7 Å². The second kappa shape index (κ2) is 9.15. The highest BCUT2D eigenvalue weighted by Gasteiger charge is 2.58. The molecule has 4 atom stereocenters. The summed E-state index contributed by atoms with van der Waals surface area (Å²) in [6.45, 7) is 2.44. The number of ether oxygens (including phenoxy) is 1. The lowest BCUT2D eigenvalue weighted by molar-refractivity contribution is -0.139. The number of hydrogen-bond donors (Lipinski definition) is 2. The molecule has 1 fully saturated rings. The summed E-state index contributed by atoms with van der Waals surface area (Å²) in [6.07, 6.45) is 8.29. The third-order valence-electron chi connectivity index (χ3n) is 7.28. The van der Waals surface area contributed by atoms with Crippen LogP contribution in [-0.2, 0) is 20.7 Å². The number of amides is 3. The number of benzene rings is 2. The van der Waals surface area contributed by atoms with E-state index in [1.807, 2.05) is 43.3 Å². The smallest absolute Gasteiger partial charge is 0.258 e. The molecule has 2 aromatic carbocycles. The average molecular weight is 472 g/mol. The highest BCUT2D eigenvalue weighted by atomic mass is 16.5. The minimum absolute atomic E-state index is 0.0927. The standard InChI is InChI=1S/C28H29N3O4/c1-2-24(28-15-6-5-8-22(28)25(32)30-27(28)34)35-21-14-16-31(23-9-4-3-7-19(23)17-21)26(33)18-10-12-20(29)13-11-18/h3-13,15,21-22,24H,2,14,16-17,29H2,1H3,(H,30,32,34). The van der Waals surface area contributed by atoms with E-state index in [-0.39, 0.29) is 23.8 Å². The maximum atomic E-state index is 13.4. The third-order valence-corrected chi connectivity index (χ3v) is 7.28. The van der Waals surface area contributed by atoms with Crippen molar-refractivity contribution in [3.8, 4) is 0 Å². The minimum Gasteiger partial charge on any atom is -0.399 e. The Kier molecular flexibility index (Phi) is 6.03. The Morgan fingerprint density at radius 3 is 2.71 bits per heavy atom. The molecule has 2 aromatic rings. The molecule has 3 aliphatic rings. The summed E-state index contributed by atoms with van der Waals surface area (Å²) in [5, 5.41) is 2.50. The van der Waals surface area contributed by atoms with Gasteiger partial charge in [0.15, 0.2) is 0 Å². The highest BCUT2D eigenvalue weighted by molar-refractivity contribution is 6.10. The van der Waals surface area contributed by atoms with Crippen molar-refractivity contribution >= 4 is 29.1 Å². The topological polar surface area (TPSA) is 102 Å². The number of hydrogen-bond acceptors (Lipinski definition) is 5. The fourth-order valence-electron chi connectivity index (χ4n) is 5.50. The summed E-state index contributed by atoms with van der Waals surface area (Å²) in [4.78, 5) is 40.7. The number of imide groups is 1. The second-order valence-corrected chi connectivity index (χ2v) is 9.33. The van der Waals surface area contributed by atoms with Gasteiger partial charge in [0.25, 0.3) is 5.91 Å². The Balaban J connectivity index is 1.42. The molecule has 5 rings (SSSR count). The largest absolute Gasteiger partial charge is 0.399 e. The van der Waals surface area contributed by atoms with Crippen LogP contribution in [0.3, 0.4) is 0 Å². The third kappa shape index (κ3) is 3.96. The first kappa shape index (κ1) is 23.1. The fourth-order valence-corrected chi connectivity index (χ4v) is 5.50. The van der Waals surface area contributed by atoms with Gasteiger partial charge in [0.1, 0.15) is 5.41 Å². The van der Waals surface area contributed by atoms with E-state index in [1.54, 1.807) is 41.3 Å². The first-order valence-electron chi connectivity index (χ1n) is 12.1. The Hall–Kier alpha value is -3.71. The minimum atomic E-state index is -1.05. The quantitative estimate of drug-likeness (QED) is 0.514. The molecule has 3 amide bonds. The van der Waals surface area contributed by atoms with E-state index in [0.717, 1.165) is 11.3 Å². The summed E-state index contributed by atoms with van der Waals surface area (Å²) in [6, 6.07) is 14.8. The number of fused-ring (bicyclic) bond motifs is 2. The summed E-state index contributed by atoms with van der Waals surface area (Å²) in [5.74, 6) is -1.27. The number of anilines is 2. The van der Waals surface area contributed by atoms with E-state index >= 15 is 0 Å². The molecular formula is C28H29N3O4. The van der Waals surface area contributed by atoms with Gasteiger partial charge in [0, 0.05) is 29.9 Å². The molecule has 0 bridgehead atoms. The Morgan fingerprint density at radius 1 is 1.17 bits per heavy atom. The number of nitrogens with one attached hydrogen (secondary N) is 1. The van der Waals surface area contributed by atoms with Gasteiger partial charge < -0.3 is 15.4 Å². The zero-order valence-corrected chi connectivity index (χ0v) is 19.6. The molecule has 4 unspecified atom stereocenters. The van der Waals surface area contributed by atoms with Crippen molar-refractivity contribution in [1.29, 1.82) is 0 Å². The van der Waals surface area contributed by atoms with Crippen molar-refractivity contribution in [2.45, 2.75) is 38.4 Å². The zero-order valence-electron chi connectivity index (χ0n) is 19.6. The van der Waals surface area contributed by atoms with Gasteiger partial charge in [-0.2, -0.15) is 0 Å². The van der Waals surface area contributed by atoms with Gasteiger partial charge >= 0.3 is 0 Å². The van der Waals surface area contributed by atoms with Gasteiger partial charge in [-0.05, 0) is 48.7 Å². The number of nitrogens with two attached hydrogens (primary N) is 1. The van der Waals surface area contributed by atoms with Crippen molar-refractivity contribution in [1.82, 2.24) is 5.32 Å². The van der Waals surface area contributed by atoms with Crippen LogP contribution >= 0.6 is 0 Å². The van der Waals surface area contributed by atoms with Crippen LogP contribution in [0.1, 0.15) is 35.7 Å². The number of rotatable bonds is 5. The van der Waals surface area contributed by atoms with Crippen LogP contribution in [0.25, 0.3) is 0 Å².